The number of aliphatic imine (C=N–C) groups is 1. The van der Waals surface area contributed by atoms with Crippen LogP contribution >= 0.6 is 0 Å². The predicted octanol–water partition coefficient (Wildman–Crippen LogP) is 13.3. The summed E-state index contributed by atoms with van der Waals surface area (Å²) in [6.45, 7) is 0. The highest BCUT2D eigenvalue weighted by atomic mass is 15.4. The molecule has 268 valence electrons. The van der Waals surface area contributed by atoms with Crippen LogP contribution in [0.4, 0.5) is 5.69 Å². The molecule has 0 aliphatic carbocycles. The van der Waals surface area contributed by atoms with Crippen LogP contribution in [0.5, 0.6) is 0 Å². The zero-order chi connectivity index (χ0) is 37.6. The van der Waals surface area contributed by atoms with E-state index in [0.717, 1.165) is 39.2 Å². The highest BCUT2D eigenvalue weighted by molar-refractivity contribution is 6.23. The molecule has 1 unspecified atom stereocenters. The molecule has 0 saturated carbocycles. The fraction of sp³-hybridized carbons (Fsp3) is 0.0377. The maximum Gasteiger partial charge on any atom is 0.203 e. The minimum Gasteiger partial charge on any atom is -0.335 e. The molecule has 57 heavy (non-hydrogen) atoms. The predicted molar refractivity (Wildman–Crippen MR) is 240 cm³/mol. The minimum atomic E-state index is -0.332. The van der Waals surface area contributed by atoms with Crippen molar-refractivity contribution in [1.82, 2.24) is 9.13 Å². The van der Waals surface area contributed by atoms with Gasteiger partial charge in [-0.15, -0.1) is 0 Å². The number of para-hydroxylation sites is 2. The average Bonchev–Trinajstić information content (AvgIpc) is 3.80. The molecule has 11 aromatic rings. The fourth-order valence-electron chi connectivity index (χ4n) is 9.53. The van der Waals surface area contributed by atoms with Crippen LogP contribution in [-0.2, 0) is 0 Å². The van der Waals surface area contributed by atoms with Crippen LogP contribution in [0.2, 0.25) is 0 Å². The summed E-state index contributed by atoms with van der Waals surface area (Å²) in [7, 11) is 2.18. The van der Waals surface area contributed by atoms with Crippen molar-refractivity contribution in [2.75, 3.05) is 11.9 Å². The van der Waals surface area contributed by atoms with Crippen molar-refractivity contribution in [3.63, 3.8) is 0 Å². The van der Waals surface area contributed by atoms with Crippen LogP contribution in [0.25, 0.3) is 82.0 Å². The highest BCUT2D eigenvalue weighted by Crippen LogP contribution is 2.44. The van der Waals surface area contributed by atoms with E-state index in [9.17, 15) is 0 Å². The number of nitrogens with zero attached hydrogens (tertiary/aromatic N) is 4. The smallest absolute Gasteiger partial charge is 0.203 e. The monoisotopic (exact) mass is 728 g/mol. The van der Waals surface area contributed by atoms with Crippen LogP contribution in [0, 0.1) is 0 Å². The molecule has 4 heteroatoms. The molecule has 0 N–H and O–H groups in total. The number of rotatable bonds is 4. The lowest BCUT2D eigenvalue weighted by Crippen LogP contribution is -2.33. The molecule has 0 saturated heterocycles. The first-order chi connectivity index (χ1) is 28.2. The Hall–Kier alpha value is -7.43. The molecule has 1 aliphatic heterocycles. The Kier molecular flexibility index (Phi) is 6.87. The van der Waals surface area contributed by atoms with Crippen molar-refractivity contribution in [2.45, 2.75) is 6.29 Å². The van der Waals surface area contributed by atoms with Crippen molar-refractivity contribution >= 4 is 76.6 Å². The van der Waals surface area contributed by atoms with E-state index in [1.165, 1.54) is 65.3 Å². The topological polar surface area (TPSA) is 25.5 Å². The average molecular weight is 729 g/mol. The van der Waals surface area contributed by atoms with E-state index in [4.69, 9.17) is 4.99 Å². The van der Waals surface area contributed by atoms with E-state index in [1.807, 2.05) is 0 Å². The van der Waals surface area contributed by atoms with Crippen molar-refractivity contribution < 1.29 is 0 Å². The van der Waals surface area contributed by atoms with Gasteiger partial charge in [0.15, 0.2) is 0 Å². The molecule has 0 amide bonds. The molecule has 2 aromatic heterocycles. The Morgan fingerprint density at radius 2 is 1.04 bits per heavy atom. The van der Waals surface area contributed by atoms with Gasteiger partial charge in [0.05, 0.1) is 27.8 Å². The van der Waals surface area contributed by atoms with Gasteiger partial charge in [-0.1, -0.05) is 146 Å². The minimum absolute atomic E-state index is 0.332. The first kappa shape index (κ1) is 31.9. The van der Waals surface area contributed by atoms with Gasteiger partial charge in [-0.05, 0) is 81.2 Å². The van der Waals surface area contributed by atoms with Gasteiger partial charge in [-0.2, -0.15) is 0 Å². The number of benzene rings is 9. The second kappa shape index (κ2) is 12.3. The zero-order valence-corrected chi connectivity index (χ0v) is 31.3. The summed E-state index contributed by atoms with van der Waals surface area (Å²) in [6, 6.07) is 70.6. The Labute approximate surface area is 329 Å². The third kappa shape index (κ3) is 4.71. The largest absolute Gasteiger partial charge is 0.335 e. The highest BCUT2D eigenvalue weighted by Gasteiger charge is 2.30. The van der Waals surface area contributed by atoms with Crippen LogP contribution in [-0.4, -0.2) is 21.9 Å². The van der Waals surface area contributed by atoms with Gasteiger partial charge in [0.2, 0.25) is 6.29 Å². The Morgan fingerprint density at radius 1 is 0.421 bits per heavy atom. The number of aromatic nitrogens is 2. The third-order valence-corrected chi connectivity index (χ3v) is 12.1. The van der Waals surface area contributed by atoms with Crippen molar-refractivity contribution in [3.8, 4) is 16.8 Å². The van der Waals surface area contributed by atoms with Gasteiger partial charge in [0, 0.05) is 51.1 Å². The zero-order valence-electron chi connectivity index (χ0n) is 31.3. The molecule has 1 atom stereocenters. The van der Waals surface area contributed by atoms with Gasteiger partial charge < -0.3 is 14.0 Å². The van der Waals surface area contributed by atoms with Crippen LogP contribution in [0.1, 0.15) is 17.4 Å². The molecule has 0 bridgehead atoms. The number of fused-ring (bicyclic) bond motifs is 11. The molecule has 9 aromatic carbocycles. The van der Waals surface area contributed by atoms with Crippen molar-refractivity contribution in [3.05, 3.63) is 205 Å². The number of hydrogen-bond donors (Lipinski definition) is 0. The summed E-state index contributed by atoms with van der Waals surface area (Å²) in [5, 5.41) is 9.99. The summed E-state index contributed by atoms with van der Waals surface area (Å²) in [4.78, 5) is 8.05. The number of anilines is 1. The second-order valence-electron chi connectivity index (χ2n) is 15.2. The molecular formula is C53H36N4. The molecular weight excluding hydrogens is 693 g/mol. The van der Waals surface area contributed by atoms with Gasteiger partial charge in [0.25, 0.3) is 0 Å². The molecule has 0 spiro atoms. The first-order valence-electron chi connectivity index (χ1n) is 19.6. The van der Waals surface area contributed by atoms with E-state index in [2.05, 4.69) is 215 Å². The number of hydrogen-bond acceptors (Lipinski definition) is 2. The molecule has 12 rings (SSSR count). The summed E-state index contributed by atoms with van der Waals surface area (Å²) >= 11 is 0. The van der Waals surface area contributed by atoms with Gasteiger partial charge in [0.1, 0.15) is 0 Å². The lowest BCUT2D eigenvalue weighted by atomic mass is 9.95. The fourth-order valence-corrected chi connectivity index (χ4v) is 9.53. The Bertz CT molecular complexity index is 3440. The molecule has 0 radical (unpaired) electrons. The van der Waals surface area contributed by atoms with E-state index in [1.54, 1.807) is 0 Å². The Balaban J connectivity index is 1.13. The third-order valence-electron chi connectivity index (χ3n) is 12.1. The van der Waals surface area contributed by atoms with Crippen molar-refractivity contribution in [2.24, 2.45) is 4.99 Å². The Morgan fingerprint density at radius 3 is 1.84 bits per heavy atom. The summed E-state index contributed by atoms with van der Waals surface area (Å²) < 4.78 is 4.90. The SMILES string of the molecule is CN1c2ccccc2C(c2cccc(-c3ccccc3)c2)=NC1n1c2ccc(-n3c4ccccc4c4c5ccccc5ccc43)cc2c2c3ccccc3ccc21. The van der Waals surface area contributed by atoms with Crippen LogP contribution in [0.15, 0.2) is 199 Å². The molecule has 4 nitrogen and oxygen atoms in total. The summed E-state index contributed by atoms with van der Waals surface area (Å²) in [6.07, 6.45) is -0.332. The van der Waals surface area contributed by atoms with E-state index >= 15 is 0 Å². The standard InChI is InChI=1S/C53H36N4/c1-55-45-24-11-10-23-43(45)52(38-19-13-18-37(32-38)34-14-3-2-4-15-34)54-53(55)57-47-31-28-39(33-44(47)51-41-21-8-6-17-36(41)27-30-49(51)57)56-46-25-12-9-22-42(46)50-40-20-7-5-16-35(40)26-29-48(50)56/h2-33,53H,1H3. The lowest BCUT2D eigenvalue weighted by Gasteiger charge is -2.35. The first-order valence-corrected chi connectivity index (χ1v) is 19.6. The molecule has 3 heterocycles. The van der Waals surface area contributed by atoms with Gasteiger partial charge in [-0.25, -0.2) is 4.99 Å². The normalized spacial score (nSPS) is 14.3. The maximum atomic E-state index is 5.72. The quantitative estimate of drug-likeness (QED) is 0.177. The molecule has 0 fully saturated rings. The second-order valence-corrected chi connectivity index (χ2v) is 15.2. The van der Waals surface area contributed by atoms with Crippen molar-refractivity contribution in [1.29, 1.82) is 0 Å². The van der Waals surface area contributed by atoms with E-state index in [-0.39, 0.29) is 6.29 Å². The van der Waals surface area contributed by atoms with E-state index < -0.39 is 0 Å². The van der Waals surface area contributed by atoms with Gasteiger partial charge in [-0.3, -0.25) is 0 Å². The summed E-state index contributed by atoms with van der Waals surface area (Å²) in [5.41, 5.74) is 12.6. The maximum absolute atomic E-state index is 5.72. The molecule has 1 aliphatic rings. The van der Waals surface area contributed by atoms with Crippen LogP contribution < -0.4 is 4.90 Å². The van der Waals surface area contributed by atoms with Crippen LogP contribution in [0.3, 0.4) is 0 Å². The van der Waals surface area contributed by atoms with Gasteiger partial charge >= 0.3 is 0 Å². The summed E-state index contributed by atoms with van der Waals surface area (Å²) in [5.74, 6) is 0. The lowest BCUT2D eigenvalue weighted by molar-refractivity contribution is 0.540. The van der Waals surface area contributed by atoms with E-state index in [0.29, 0.717) is 0 Å².